The predicted molar refractivity (Wildman–Crippen MR) is 79.3 cm³/mol. The second kappa shape index (κ2) is 6.91. The van der Waals surface area contributed by atoms with Crippen molar-refractivity contribution in [3.05, 3.63) is 54.5 Å². The molecule has 0 radical (unpaired) electrons. The van der Waals surface area contributed by atoms with Crippen LogP contribution in [0.5, 0.6) is 11.5 Å². The number of aromatic carboxylic acids is 1. The number of pyridine rings is 1. The molecule has 0 saturated carbocycles. The Morgan fingerprint density at radius 3 is 2.68 bits per heavy atom. The predicted octanol–water partition coefficient (Wildman–Crippen LogP) is 2.48. The molecule has 0 saturated heterocycles. The Morgan fingerprint density at radius 1 is 1.20 bits per heavy atom. The zero-order valence-corrected chi connectivity index (χ0v) is 12.4. The fourth-order valence-electron chi connectivity index (χ4n) is 1.94. The van der Waals surface area contributed by atoms with Crippen molar-refractivity contribution in [2.45, 2.75) is 6.61 Å². The summed E-state index contributed by atoms with van der Waals surface area (Å²) in [5.74, 6) is -0.918. The monoisotopic (exact) mass is 348 g/mol. The van der Waals surface area contributed by atoms with Crippen molar-refractivity contribution in [2.75, 3.05) is 0 Å². The van der Waals surface area contributed by atoms with E-state index in [4.69, 9.17) is 9.94 Å². The van der Waals surface area contributed by atoms with Crippen molar-refractivity contribution in [1.29, 1.82) is 0 Å². The van der Waals surface area contributed by atoms with E-state index >= 15 is 0 Å². The fourth-order valence-corrected chi connectivity index (χ4v) is 1.94. The van der Waals surface area contributed by atoms with Gasteiger partial charge in [0.15, 0.2) is 11.4 Å². The molecule has 3 rings (SSSR count). The minimum atomic E-state index is -2.91. The van der Waals surface area contributed by atoms with E-state index in [1.54, 1.807) is 24.3 Å². The van der Waals surface area contributed by atoms with Gasteiger partial charge in [0.1, 0.15) is 11.9 Å². The molecule has 0 fully saturated rings. The number of carbonyl (C=O) groups is 1. The van der Waals surface area contributed by atoms with Crippen LogP contribution < -0.4 is 9.57 Å². The molecule has 128 valence electrons. The number of alkyl halides is 2. The minimum absolute atomic E-state index is 0.0263. The third-order valence-electron chi connectivity index (χ3n) is 2.98. The van der Waals surface area contributed by atoms with Crippen molar-refractivity contribution >= 4 is 5.97 Å². The highest BCUT2D eigenvalue weighted by Crippen LogP contribution is 2.24. The smallest absolute Gasteiger partial charge is 0.387 e. The number of carboxylic acid groups (broad SMARTS) is 1. The summed E-state index contributed by atoms with van der Waals surface area (Å²) in [6.45, 7) is -2.91. The molecule has 0 amide bonds. The first-order valence-corrected chi connectivity index (χ1v) is 6.86. The van der Waals surface area contributed by atoms with Crippen LogP contribution in [-0.2, 0) is 0 Å². The van der Waals surface area contributed by atoms with Gasteiger partial charge < -0.3 is 14.7 Å². The Balaban J connectivity index is 1.74. The second-order valence-corrected chi connectivity index (χ2v) is 4.69. The van der Waals surface area contributed by atoms with E-state index < -0.39 is 12.6 Å². The van der Waals surface area contributed by atoms with Crippen molar-refractivity contribution in [3.63, 3.8) is 0 Å². The lowest BCUT2D eigenvalue weighted by Gasteiger charge is -2.07. The highest BCUT2D eigenvalue weighted by molar-refractivity contribution is 5.84. The molecule has 0 bridgehead atoms. The van der Waals surface area contributed by atoms with Crippen LogP contribution >= 0.6 is 0 Å². The fraction of sp³-hybridized carbons (Fsp3) is 0.0667. The standard InChI is InChI=1S/C15H10F2N4O4/c16-15(17)24-10-3-1-2-9(6-10)12-5-4-11(7-18-12)25-21-8-13(14(22)23)19-20-21/h1-8,15H,(H,22,23). The SMILES string of the molecule is O=C(O)c1cn(Oc2ccc(-c3cccc(OC(F)F)c3)nc2)nn1. The lowest BCUT2D eigenvalue weighted by atomic mass is 10.1. The normalized spacial score (nSPS) is 10.7. The Morgan fingerprint density at radius 2 is 2.04 bits per heavy atom. The van der Waals surface area contributed by atoms with Crippen LogP contribution in [0.25, 0.3) is 11.3 Å². The number of hydrogen-bond acceptors (Lipinski definition) is 6. The van der Waals surface area contributed by atoms with Crippen molar-refractivity contribution in [1.82, 2.24) is 20.1 Å². The molecule has 8 nitrogen and oxygen atoms in total. The van der Waals surface area contributed by atoms with Crippen molar-refractivity contribution in [3.8, 4) is 22.8 Å². The van der Waals surface area contributed by atoms with E-state index in [1.807, 2.05) is 0 Å². The molecule has 0 aliphatic rings. The molecule has 0 aliphatic carbocycles. The van der Waals surface area contributed by atoms with E-state index in [9.17, 15) is 13.6 Å². The molecule has 0 aliphatic heterocycles. The summed E-state index contributed by atoms with van der Waals surface area (Å²) in [6, 6.07) is 9.28. The van der Waals surface area contributed by atoms with Crippen LogP contribution in [0.1, 0.15) is 10.5 Å². The van der Waals surface area contributed by atoms with Gasteiger partial charge in [-0.1, -0.05) is 17.0 Å². The molecule has 0 unspecified atom stereocenters. The lowest BCUT2D eigenvalue weighted by Crippen LogP contribution is -2.06. The zero-order valence-electron chi connectivity index (χ0n) is 12.4. The van der Waals surface area contributed by atoms with Gasteiger partial charge in [-0.3, -0.25) is 4.98 Å². The Hall–Kier alpha value is -3.56. The van der Waals surface area contributed by atoms with Gasteiger partial charge in [0.2, 0.25) is 0 Å². The van der Waals surface area contributed by atoms with Crippen LogP contribution in [-0.4, -0.2) is 37.8 Å². The molecule has 10 heteroatoms. The first kappa shape index (κ1) is 16.3. The molecule has 1 N–H and O–H groups in total. The van der Waals surface area contributed by atoms with Gasteiger partial charge in [-0.05, 0) is 29.5 Å². The summed E-state index contributed by atoms with van der Waals surface area (Å²) in [5.41, 5.74) is 0.830. The average molecular weight is 348 g/mol. The number of nitrogens with zero attached hydrogens (tertiary/aromatic N) is 4. The third kappa shape index (κ3) is 4.05. The molecule has 0 atom stereocenters. The van der Waals surface area contributed by atoms with E-state index in [1.165, 1.54) is 18.3 Å². The lowest BCUT2D eigenvalue weighted by molar-refractivity contribution is -0.0498. The molecule has 2 heterocycles. The number of rotatable bonds is 6. The molecular weight excluding hydrogens is 338 g/mol. The van der Waals surface area contributed by atoms with E-state index in [-0.39, 0.29) is 17.2 Å². The van der Waals surface area contributed by atoms with E-state index in [0.717, 1.165) is 11.0 Å². The van der Waals surface area contributed by atoms with E-state index in [0.29, 0.717) is 11.3 Å². The van der Waals surface area contributed by atoms with Crippen LogP contribution in [0.2, 0.25) is 0 Å². The number of ether oxygens (including phenoxy) is 1. The van der Waals surface area contributed by atoms with Crippen LogP contribution in [0, 0.1) is 0 Å². The molecule has 3 aromatic rings. The molecule has 2 aromatic heterocycles. The average Bonchev–Trinajstić information content (AvgIpc) is 3.04. The zero-order chi connectivity index (χ0) is 17.8. The maximum Gasteiger partial charge on any atom is 0.387 e. The highest BCUT2D eigenvalue weighted by Gasteiger charge is 2.10. The Labute approximate surface area is 139 Å². The first-order valence-electron chi connectivity index (χ1n) is 6.86. The van der Waals surface area contributed by atoms with Gasteiger partial charge in [0, 0.05) is 5.56 Å². The number of aromatic nitrogens is 4. The summed E-state index contributed by atoms with van der Waals surface area (Å²) in [6.07, 6.45) is 2.47. The maximum atomic E-state index is 12.3. The maximum absolute atomic E-state index is 12.3. The van der Waals surface area contributed by atoms with Crippen LogP contribution in [0.15, 0.2) is 48.8 Å². The number of benzene rings is 1. The Bertz CT molecular complexity index is 883. The molecule has 0 spiro atoms. The molecule has 25 heavy (non-hydrogen) atoms. The number of hydrogen-bond donors (Lipinski definition) is 1. The quantitative estimate of drug-likeness (QED) is 0.730. The minimum Gasteiger partial charge on any atom is -0.476 e. The second-order valence-electron chi connectivity index (χ2n) is 4.69. The van der Waals surface area contributed by atoms with Gasteiger partial charge in [-0.25, -0.2) is 4.79 Å². The number of halogens is 2. The van der Waals surface area contributed by atoms with Crippen LogP contribution in [0.4, 0.5) is 8.78 Å². The van der Waals surface area contributed by atoms with Gasteiger partial charge >= 0.3 is 12.6 Å². The van der Waals surface area contributed by atoms with Crippen LogP contribution in [0.3, 0.4) is 0 Å². The summed E-state index contributed by atoms with van der Waals surface area (Å²) in [5, 5.41) is 15.7. The Kier molecular flexibility index (Phi) is 4.50. The third-order valence-corrected chi connectivity index (χ3v) is 2.98. The summed E-state index contributed by atoms with van der Waals surface area (Å²) in [7, 11) is 0. The first-order chi connectivity index (χ1) is 12.0. The molecular formula is C15H10F2N4O4. The summed E-state index contributed by atoms with van der Waals surface area (Å²) >= 11 is 0. The number of carboxylic acids is 1. The van der Waals surface area contributed by atoms with Crippen molar-refractivity contribution in [2.24, 2.45) is 0 Å². The van der Waals surface area contributed by atoms with Crippen molar-refractivity contribution < 1.29 is 28.3 Å². The highest BCUT2D eigenvalue weighted by atomic mass is 19.3. The van der Waals surface area contributed by atoms with Gasteiger partial charge in [-0.15, -0.1) is 5.10 Å². The van der Waals surface area contributed by atoms with Gasteiger partial charge in [0.25, 0.3) is 0 Å². The summed E-state index contributed by atoms with van der Waals surface area (Å²) < 4.78 is 28.9. The van der Waals surface area contributed by atoms with E-state index in [2.05, 4.69) is 20.0 Å². The largest absolute Gasteiger partial charge is 0.476 e. The van der Waals surface area contributed by atoms with Gasteiger partial charge in [0.05, 0.1) is 11.9 Å². The summed E-state index contributed by atoms with van der Waals surface area (Å²) in [4.78, 5) is 21.0. The molecule has 1 aromatic carbocycles. The van der Waals surface area contributed by atoms with Gasteiger partial charge in [-0.2, -0.15) is 8.78 Å². The topological polar surface area (TPSA) is 99.4 Å².